The molecule has 0 aliphatic rings. The van der Waals surface area contributed by atoms with E-state index in [1.54, 1.807) is 24.3 Å². The third-order valence-corrected chi connectivity index (χ3v) is 1.68. The molecule has 0 saturated carbocycles. The molecule has 0 unspecified atom stereocenters. The van der Waals surface area contributed by atoms with Crippen LogP contribution in [0, 0.1) is 0 Å². The van der Waals surface area contributed by atoms with Gasteiger partial charge in [0.25, 0.3) is 0 Å². The number of nitrogens with zero attached hydrogens (tertiary/aromatic N) is 2. The number of azo groups is 1. The minimum absolute atomic E-state index is 0.105. The van der Waals surface area contributed by atoms with Crippen LogP contribution in [-0.2, 0) is 11.3 Å². The van der Waals surface area contributed by atoms with Crippen LogP contribution in [-0.4, -0.2) is 9.32 Å². The molecule has 0 atom stereocenters. The molecule has 2 N–H and O–H groups in total. The maximum absolute atomic E-state index is 10.1. The number of hydrogen-bond acceptors (Lipinski definition) is 2. The van der Waals surface area contributed by atoms with Crippen molar-refractivity contribution in [3.8, 4) is 0 Å². The van der Waals surface area contributed by atoms with Gasteiger partial charge in [-0.15, -0.1) is 10.2 Å². The lowest BCUT2D eigenvalue weighted by molar-refractivity contribution is 0.700. The maximum Gasteiger partial charge on any atom is 0.220 e. The Bertz CT molecular complexity index is 370. The Morgan fingerprint density at radius 2 is 2.00 bits per heavy atom. The Balaban J connectivity index is 2.81. The van der Waals surface area contributed by atoms with Gasteiger partial charge in [-0.25, -0.2) is 4.21 Å². The van der Waals surface area contributed by atoms with Crippen molar-refractivity contribution in [3.63, 3.8) is 0 Å². The minimum atomic E-state index is -0.116. The van der Waals surface area contributed by atoms with E-state index < -0.39 is 0 Å². The highest BCUT2D eigenvalue weighted by Crippen LogP contribution is 2.16. The third kappa shape index (κ3) is 3.45. The van der Waals surface area contributed by atoms with Crippen molar-refractivity contribution in [1.82, 2.24) is 0 Å². The van der Waals surface area contributed by atoms with Crippen LogP contribution in [0.25, 0.3) is 0 Å². The van der Waals surface area contributed by atoms with Crippen molar-refractivity contribution >= 4 is 33.7 Å². The highest BCUT2D eigenvalue weighted by molar-refractivity contribution is 7.66. The van der Waals surface area contributed by atoms with Gasteiger partial charge in [-0.2, -0.15) is 0 Å². The van der Waals surface area contributed by atoms with Crippen LogP contribution in [0.4, 0.5) is 5.69 Å². The van der Waals surface area contributed by atoms with Gasteiger partial charge < -0.3 is 0 Å². The second-order valence-corrected chi connectivity index (χ2v) is 3.12. The van der Waals surface area contributed by atoms with Crippen LogP contribution in [0.5, 0.6) is 0 Å². The summed E-state index contributed by atoms with van der Waals surface area (Å²) in [5.74, 6) is 0. The molecule has 1 aromatic carbocycles. The summed E-state index contributed by atoms with van der Waals surface area (Å²) in [6.07, 6.45) is 0. The number of hydrogen-bond donors (Lipinski definition) is 1. The van der Waals surface area contributed by atoms with Crippen molar-refractivity contribution in [1.29, 1.82) is 0 Å². The quantitative estimate of drug-likeness (QED) is 0.572. The second-order valence-electron chi connectivity index (χ2n) is 2.10. The largest absolute Gasteiger partial charge is 0.274 e. The highest BCUT2D eigenvalue weighted by atomic mass is 35.5. The zero-order valence-corrected chi connectivity index (χ0v) is 8.05. The third-order valence-electron chi connectivity index (χ3n) is 1.18. The van der Waals surface area contributed by atoms with Gasteiger partial charge in [-0.1, -0.05) is 11.6 Å². The van der Waals surface area contributed by atoms with E-state index in [0.717, 1.165) is 0 Å². The van der Waals surface area contributed by atoms with Crippen molar-refractivity contribution in [2.45, 2.75) is 0 Å². The Kier molecular flexibility index (Phi) is 3.75. The molecule has 4 nitrogen and oxygen atoms in total. The summed E-state index contributed by atoms with van der Waals surface area (Å²) in [6.45, 7) is 0. The van der Waals surface area contributed by atoms with E-state index in [4.69, 9.17) is 17.3 Å². The van der Waals surface area contributed by atoms with Crippen molar-refractivity contribution in [2.24, 2.45) is 16.0 Å². The predicted octanol–water partition coefficient (Wildman–Crippen LogP) is 1.68. The fourth-order valence-electron chi connectivity index (χ4n) is 0.631. The summed E-state index contributed by atoms with van der Waals surface area (Å²) in [6, 6.07) is 6.70. The van der Waals surface area contributed by atoms with Gasteiger partial charge in [0.05, 0.1) is 5.69 Å². The Labute approximate surface area is 83.5 Å². The average Bonchev–Trinajstić information content (AvgIpc) is 2.16. The predicted molar refractivity (Wildman–Crippen MR) is 53.3 cm³/mol. The molecule has 0 bridgehead atoms. The molecule has 0 aromatic heterocycles. The molecule has 0 fully saturated rings. The zero-order valence-electron chi connectivity index (χ0n) is 6.48. The van der Waals surface area contributed by atoms with Crippen LogP contribution in [0.15, 0.2) is 34.5 Å². The van der Waals surface area contributed by atoms with E-state index in [1.165, 1.54) is 0 Å². The standard InChI is InChI=1S/C7H6ClN3OS/c8-5-1-3-6(4-2-5)10-11-7(9)13-12/h1-4H,9H2. The second kappa shape index (κ2) is 4.86. The normalized spacial score (nSPS) is 10.3. The molecule has 0 amide bonds. The smallest absolute Gasteiger partial charge is 0.220 e. The summed E-state index contributed by atoms with van der Waals surface area (Å²) < 4.78 is 10.1. The Morgan fingerprint density at radius 1 is 1.38 bits per heavy atom. The van der Waals surface area contributed by atoms with Gasteiger partial charge >= 0.3 is 0 Å². The first-order chi connectivity index (χ1) is 6.22. The molecular formula is C7H6ClN3OS. The lowest BCUT2D eigenvalue weighted by atomic mass is 10.3. The number of rotatable bonds is 1. The molecular weight excluding hydrogens is 210 g/mol. The lowest BCUT2D eigenvalue weighted by Gasteiger charge is -1.90. The summed E-state index contributed by atoms with van der Waals surface area (Å²) in [5.41, 5.74) is 5.73. The summed E-state index contributed by atoms with van der Waals surface area (Å²) in [5, 5.41) is 7.67. The summed E-state index contributed by atoms with van der Waals surface area (Å²) in [4.78, 5) is 0. The molecule has 13 heavy (non-hydrogen) atoms. The molecule has 1 rings (SSSR count). The maximum atomic E-state index is 10.1. The Hall–Kier alpha value is -1.04. The zero-order chi connectivity index (χ0) is 9.68. The van der Waals surface area contributed by atoms with Crippen LogP contribution in [0.2, 0.25) is 5.02 Å². The SMILES string of the molecule is NC(N=Nc1ccc(Cl)cc1)=S=O. The molecule has 0 heterocycles. The molecule has 0 spiro atoms. The van der Waals surface area contributed by atoms with Gasteiger partial charge in [0.2, 0.25) is 5.11 Å². The van der Waals surface area contributed by atoms with E-state index in [9.17, 15) is 4.21 Å². The van der Waals surface area contributed by atoms with E-state index >= 15 is 0 Å². The molecule has 1 aromatic rings. The first-order valence-corrected chi connectivity index (χ1v) is 4.44. The van der Waals surface area contributed by atoms with Crippen LogP contribution in [0.3, 0.4) is 0 Å². The van der Waals surface area contributed by atoms with Crippen LogP contribution >= 0.6 is 11.6 Å². The van der Waals surface area contributed by atoms with Crippen molar-refractivity contribution in [2.75, 3.05) is 0 Å². The summed E-state index contributed by atoms with van der Waals surface area (Å²) >= 11 is 5.75. The van der Waals surface area contributed by atoms with Crippen LogP contribution in [0.1, 0.15) is 0 Å². The fraction of sp³-hybridized carbons (Fsp3) is 0. The molecule has 0 aliphatic heterocycles. The summed E-state index contributed by atoms with van der Waals surface area (Å²) in [7, 11) is 0. The van der Waals surface area contributed by atoms with E-state index in [1.807, 2.05) is 0 Å². The molecule has 0 aliphatic carbocycles. The van der Waals surface area contributed by atoms with Gasteiger partial charge in [0, 0.05) is 5.02 Å². The van der Waals surface area contributed by atoms with E-state index in [2.05, 4.69) is 10.2 Å². The van der Waals surface area contributed by atoms with Crippen LogP contribution < -0.4 is 5.73 Å². The Morgan fingerprint density at radius 3 is 2.54 bits per heavy atom. The number of nitrogens with two attached hydrogens (primary N) is 1. The van der Waals surface area contributed by atoms with E-state index in [0.29, 0.717) is 10.7 Å². The lowest BCUT2D eigenvalue weighted by Crippen LogP contribution is -2.05. The molecule has 68 valence electrons. The molecule has 0 saturated heterocycles. The minimum Gasteiger partial charge on any atom is -0.274 e. The van der Waals surface area contributed by atoms with Crippen molar-refractivity contribution in [3.05, 3.63) is 29.3 Å². The average molecular weight is 216 g/mol. The van der Waals surface area contributed by atoms with E-state index in [-0.39, 0.29) is 16.4 Å². The van der Waals surface area contributed by atoms with Gasteiger partial charge in [-0.05, 0) is 24.3 Å². The fourth-order valence-corrected chi connectivity index (χ4v) is 0.832. The first-order valence-electron chi connectivity index (χ1n) is 3.32. The number of benzene rings is 1. The monoisotopic (exact) mass is 215 g/mol. The van der Waals surface area contributed by atoms with Gasteiger partial charge in [0.1, 0.15) is 11.3 Å². The number of halogens is 1. The molecule has 0 radical (unpaired) electrons. The topological polar surface area (TPSA) is 67.8 Å². The highest BCUT2D eigenvalue weighted by Gasteiger charge is 1.89. The van der Waals surface area contributed by atoms with Gasteiger partial charge in [0.15, 0.2) is 0 Å². The van der Waals surface area contributed by atoms with Crippen molar-refractivity contribution < 1.29 is 4.21 Å². The first kappa shape index (κ1) is 10.0. The van der Waals surface area contributed by atoms with Gasteiger partial charge in [-0.3, -0.25) is 5.73 Å². The molecule has 6 heteroatoms.